The molecule has 0 saturated heterocycles. The van der Waals surface area contributed by atoms with E-state index in [9.17, 15) is 4.79 Å². The van der Waals surface area contributed by atoms with E-state index >= 15 is 0 Å². The Morgan fingerprint density at radius 3 is 2.71 bits per heavy atom. The smallest absolute Gasteiger partial charge is 0.248 e. The van der Waals surface area contributed by atoms with Gasteiger partial charge in [-0.3, -0.25) is 4.79 Å². The Bertz CT molecular complexity index is 642. The van der Waals surface area contributed by atoms with E-state index in [2.05, 4.69) is 47.4 Å². The summed E-state index contributed by atoms with van der Waals surface area (Å²) in [6.07, 6.45) is 3.15. The van der Waals surface area contributed by atoms with Crippen molar-refractivity contribution < 1.29 is 4.79 Å². The Balaban J connectivity index is 1.85. The number of nitrogens with zero attached hydrogens (tertiary/aromatic N) is 3. The van der Waals surface area contributed by atoms with Crippen molar-refractivity contribution in [1.29, 1.82) is 0 Å². The topological polar surface area (TPSA) is 60.0 Å². The van der Waals surface area contributed by atoms with E-state index in [0.29, 0.717) is 6.04 Å². The van der Waals surface area contributed by atoms with Crippen LogP contribution in [0.25, 0.3) is 0 Å². The highest BCUT2D eigenvalue weighted by molar-refractivity contribution is 5.98. The molecule has 0 radical (unpaired) electrons. The van der Waals surface area contributed by atoms with Crippen LogP contribution in [0.4, 0.5) is 5.69 Å². The Kier molecular flexibility index (Phi) is 9.28. The minimum Gasteiger partial charge on any atom is -0.357 e. The van der Waals surface area contributed by atoms with Gasteiger partial charge in [-0.25, -0.2) is 4.99 Å². The average molecular weight is 388 g/mol. The minimum absolute atomic E-state index is 0.0522. The molecule has 0 aliphatic carbocycles. The van der Waals surface area contributed by atoms with Gasteiger partial charge in [-0.2, -0.15) is 0 Å². The normalized spacial score (nSPS) is 14.9. The monoisotopic (exact) mass is 387 g/mol. The number of benzene rings is 1. The number of hydrogen-bond acceptors (Lipinski definition) is 3. The van der Waals surface area contributed by atoms with E-state index < -0.39 is 0 Å². The third-order valence-electron chi connectivity index (χ3n) is 5.29. The Morgan fingerprint density at radius 2 is 2.00 bits per heavy atom. The summed E-state index contributed by atoms with van der Waals surface area (Å²) in [5.74, 6) is 0.773. The van der Waals surface area contributed by atoms with Crippen molar-refractivity contribution in [2.45, 2.75) is 53.0 Å². The van der Waals surface area contributed by atoms with Gasteiger partial charge in [0.2, 0.25) is 5.91 Å². The summed E-state index contributed by atoms with van der Waals surface area (Å²) < 4.78 is 0. The molecular formula is C22H37N5O. The second-order valence-corrected chi connectivity index (χ2v) is 7.33. The molecule has 0 bridgehead atoms. The van der Waals surface area contributed by atoms with E-state index in [1.165, 1.54) is 5.56 Å². The fourth-order valence-electron chi connectivity index (χ4n) is 3.62. The third-order valence-corrected chi connectivity index (χ3v) is 5.29. The lowest BCUT2D eigenvalue weighted by Crippen LogP contribution is -2.43. The number of carbonyl (C=O) groups excluding carboxylic acids is 1. The van der Waals surface area contributed by atoms with Gasteiger partial charge in [-0.1, -0.05) is 32.0 Å². The summed E-state index contributed by atoms with van der Waals surface area (Å²) in [6, 6.07) is 8.44. The predicted octanol–water partition coefficient (Wildman–Crippen LogP) is 2.64. The van der Waals surface area contributed by atoms with Crippen molar-refractivity contribution in [2.75, 3.05) is 44.2 Å². The van der Waals surface area contributed by atoms with Crippen LogP contribution in [0.2, 0.25) is 0 Å². The van der Waals surface area contributed by atoms with E-state index in [0.717, 1.165) is 63.6 Å². The van der Waals surface area contributed by atoms with E-state index in [-0.39, 0.29) is 12.5 Å². The summed E-state index contributed by atoms with van der Waals surface area (Å²) in [7, 11) is 0. The van der Waals surface area contributed by atoms with Crippen LogP contribution in [-0.2, 0) is 11.2 Å². The number of amides is 1. The predicted molar refractivity (Wildman–Crippen MR) is 118 cm³/mol. The SMILES string of the molecule is CCNC(=NCC(=O)N1CCc2ccccc21)NC(C)CCCN(CC)CC. The van der Waals surface area contributed by atoms with Crippen molar-refractivity contribution in [3.8, 4) is 0 Å². The first-order chi connectivity index (χ1) is 13.6. The number of fused-ring (bicyclic) bond motifs is 1. The van der Waals surface area contributed by atoms with Gasteiger partial charge < -0.3 is 20.4 Å². The van der Waals surface area contributed by atoms with E-state index in [4.69, 9.17) is 0 Å². The first-order valence-electron chi connectivity index (χ1n) is 10.7. The van der Waals surface area contributed by atoms with Crippen LogP contribution in [0.3, 0.4) is 0 Å². The standard InChI is InChI=1S/C22H37N5O/c1-5-23-22(25-18(4)11-10-15-26(6-2)7-3)24-17-21(28)27-16-14-19-12-8-9-13-20(19)27/h8-9,12-13,18H,5-7,10-11,14-17H2,1-4H3,(H2,23,24,25). The quantitative estimate of drug-likeness (QED) is 0.479. The molecule has 0 saturated carbocycles. The molecule has 1 heterocycles. The van der Waals surface area contributed by atoms with Crippen LogP contribution < -0.4 is 15.5 Å². The van der Waals surface area contributed by atoms with Crippen molar-refractivity contribution in [1.82, 2.24) is 15.5 Å². The van der Waals surface area contributed by atoms with Gasteiger partial charge in [-0.15, -0.1) is 0 Å². The molecule has 0 fully saturated rings. The van der Waals surface area contributed by atoms with Gasteiger partial charge in [0.25, 0.3) is 0 Å². The van der Waals surface area contributed by atoms with Crippen molar-refractivity contribution in [3.63, 3.8) is 0 Å². The van der Waals surface area contributed by atoms with Crippen molar-refractivity contribution in [2.24, 2.45) is 4.99 Å². The second kappa shape index (κ2) is 11.7. The molecule has 1 aliphatic rings. The average Bonchev–Trinajstić information content (AvgIpc) is 3.13. The lowest BCUT2D eigenvalue weighted by Gasteiger charge is -2.21. The number of anilines is 1. The molecule has 1 aromatic rings. The Labute approximate surface area is 170 Å². The van der Waals surface area contributed by atoms with Crippen LogP contribution in [0.1, 0.15) is 46.1 Å². The van der Waals surface area contributed by atoms with Gasteiger partial charge in [0, 0.05) is 24.8 Å². The van der Waals surface area contributed by atoms with Crippen LogP contribution >= 0.6 is 0 Å². The van der Waals surface area contributed by atoms with Crippen LogP contribution in [0.15, 0.2) is 29.3 Å². The highest BCUT2D eigenvalue weighted by atomic mass is 16.2. The zero-order valence-electron chi connectivity index (χ0n) is 18.0. The highest BCUT2D eigenvalue weighted by Crippen LogP contribution is 2.27. The molecule has 28 heavy (non-hydrogen) atoms. The molecule has 1 atom stereocenters. The maximum atomic E-state index is 12.7. The van der Waals surface area contributed by atoms with E-state index in [1.807, 2.05) is 30.0 Å². The van der Waals surface area contributed by atoms with E-state index in [1.54, 1.807) is 0 Å². The number of carbonyl (C=O) groups is 1. The fourth-order valence-corrected chi connectivity index (χ4v) is 3.62. The summed E-state index contributed by atoms with van der Waals surface area (Å²) in [6.45, 7) is 13.6. The van der Waals surface area contributed by atoms with Gasteiger partial charge in [0.1, 0.15) is 6.54 Å². The molecule has 6 heteroatoms. The Hall–Kier alpha value is -2.08. The minimum atomic E-state index is 0.0522. The number of rotatable bonds is 10. The zero-order chi connectivity index (χ0) is 20.4. The maximum absolute atomic E-state index is 12.7. The summed E-state index contributed by atoms with van der Waals surface area (Å²) >= 11 is 0. The second-order valence-electron chi connectivity index (χ2n) is 7.33. The number of aliphatic imine (C=N–C) groups is 1. The first kappa shape index (κ1) is 22.2. The highest BCUT2D eigenvalue weighted by Gasteiger charge is 2.23. The van der Waals surface area contributed by atoms with Gasteiger partial charge in [0.05, 0.1) is 0 Å². The first-order valence-corrected chi connectivity index (χ1v) is 10.7. The summed E-state index contributed by atoms with van der Waals surface area (Å²) in [5, 5.41) is 6.70. The molecule has 2 N–H and O–H groups in total. The zero-order valence-corrected chi connectivity index (χ0v) is 18.0. The number of hydrogen-bond donors (Lipinski definition) is 2. The molecule has 6 nitrogen and oxygen atoms in total. The lowest BCUT2D eigenvalue weighted by molar-refractivity contribution is -0.117. The van der Waals surface area contributed by atoms with Crippen LogP contribution in [0, 0.1) is 0 Å². The number of nitrogens with one attached hydrogen (secondary N) is 2. The van der Waals surface area contributed by atoms with Gasteiger partial charge in [0.15, 0.2) is 5.96 Å². The molecular weight excluding hydrogens is 350 g/mol. The molecule has 1 aromatic carbocycles. The van der Waals surface area contributed by atoms with Crippen LogP contribution in [-0.4, -0.2) is 62.1 Å². The van der Waals surface area contributed by atoms with Gasteiger partial charge in [-0.05, 0) is 64.4 Å². The molecule has 1 aliphatic heterocycles. The summed E-state index contributed by atoms with van der Waals surface area (Å²) in [4.78, 5) is 21.5. The van der Waals surface area contributed by atoms with Crippen LogP contribution in [0.5, 0.6) is 0 Å². The largest absolute Gasteiger partial charge is 0.357 e. The maximum Gasteiger partial charge on any atom is 0.248 e. The third kappa shape index (κ3) is 6.51. The van der Waals surface area contributed by atoms with Crippen molar-refractivity contribution in [3.05, 3.63) is 29.8 Å². The molecule has 156 valence electrons. The lowest BCUT2D eigenvalue weighted by atomic mass is 10.2. The van der Waals surface area contributed by atoms with Crippen molar-refractivity contribution >= 4 is 17.6 Å². The number of guanidine groups is 1. The molecule has 1 unspecified atom stereocenters. The molecule has 0 aromatic heterocycles. The molecule has 0 spiro atoms. The Morgan fingerprint density at radius 1 is 1.25 bits per heavy atom. The number of para-hydroxylation sites is 1. The van der Waals surface area contributed by atoms with Gasteiger partial charge >= 0.3 is 0 Å². The fraction of sp³-hybridized carbons (Fsp3) is 0.636. The molecule has 2 rings (SSSR count). The summed E-state index contributed by atoms with van der Waals surface area (Å²) in [5.41, 5.74) is 2.28. The molecule has 1 amide bonds.